The largest absolute Gasteiger partial charge is 0.336 e. The summed E-state index contributed by atoms with van der Waals surface area (Å²) in [6.07, 6.45) is 3.75. The van der Waals surface area contributed by atoms with E-state index in [0.29, 0.717) is 12.8 Å². The Morgan fingerprint density at radius 1 is 0.900 bits per heavy atom. The lowest BCUT2D eigenvalue weighted by Crippen LogP contribution is -1.96. The van der Waals surface area contributed by atoms with Gasteiger partial charge in [-0.1, -0.05) is 13.2 Å². The molecule has 4 nitrogen and oxygen atoms in total. The van der Waals surface area contributed by atoms with Crippen molar-refractivity contribution in [1.29, 1.82) is 0 Å². The van der Waals surface area contributed by atoms with Gasteiger partial charge in [0, 0.05) is 0 Å². The van der Waals surface area contributed by atoms with Crippen LogP contribution in [0.1, 0.15) is 0 Å². The third-order valence-electron chi connectivity index (χ3n) is 0.372. The molecule has 0 aromatic heterocycles. The van der Waals surface area contributed by atoms with E-state index < -0.39 is 0 Å². The van der Waals surface area contributed by atoms with E-state index >= 15 is 0 Å². The molecule has 0 bridgehead atoms. The first-order chi connectivity index (χ1) is 4.83. The van der Waals surface area contributed by atoms with Crippen LogP contribution in [0.2, 0.25) is 0 Å². The number of hydrogen-bond acceptors (Lipinski definition) is 2. The van der Waals surface area contributed by atoms with Gasteiger partial charge in [-0.3, -0.25) is 9.59 Å². The van der Waals surface area contributed by atoms with Gasteiger partial charge in [0.1, 0.15) is 0 Å². The molecule has 0 fully saturated rings. The topological polar surface area (TPSA) is 58.2 Å². The zero-order valence-electron chi connectivity index (χ0n) is 5.54. The van der Waals surface area contributed by atoms with Crippen LogP contribution in [-0.4, -0.2) is 12.8 Å². The molecule has 0 aliphatic carbocycles. The number of carbonyl (C=O) groups excluding carboxylic acids is 2. The van der Waals surface area contributed by atoms with Gasteiger partial charge < -0.3 is 10.6 Å². The fourth-order valence-corrected chi connectivity index (χ4v) is 0.0962. The summed E-state index contributed by atoms with van der Waals surface area (Å²) >= 11 is 0. The van der Waals surface area contributed by atoms with Gasteiger partial charge in [-0.05, 0) is 12.4 Å². The molecule has 0 heterocycles. The molecule has 0 aliphatic rings. The molecule has 0 aromatic carbocycles. The first-order valence-corrected chi connectivity index (χ1v) is 2.44. The Balaban J connectivity index is 0. The molecule has 0 saturated carbocycles. The summed E-state index contributed by atoms with van der Waals surface area (Å²) in [6, 6.07) is 0. The molecule has 56 valence electrons. The monoisotopic (exact) mass is 142 g/mol. The first-order valence-electron chi connectivity index (χ1n) is 2.44. The van der Waals surface area contributed by atoms with Gasteiger partial charge >= 0.3 is 0 Å². The summed E-state index contributed by atoms with van der Waals surface area (Å²) in [5, 5.41) is 4.39. The highest BCUT2D eigenvalue weighted by molar-refractivity contribution is 5.47. The lowest BCUT2D eigenvalue weighted by atomic mass is 11.0. The Bertz CT molecular complexity index is 86.3. The number of nitrogens with one attached hydrogen (secondary N) is 2. The Labute approximate surface area is 59.6 Å². The van der Waals surface area contributed by atoms with Crippen molar-refractivity contribution in [2.75, 3.05) is 0 Å². The van der Waals surface area contributed by atoms with Crippen molar-refractivity contribution < 1.29 is 9.59 Å². The van der Waals surface area contributed by atoms with Gasteiger partial charge in [0.15, 0.2) is 0 Å². The van der Waals surface area contributed by atoms with Gasteiger partial charge in [0.25, 0.3) is 0 Å². The number of carbonyl (C=O) groups is 2. The van der Waals surface area contributed by atoms with E-state index in [1.807, 2.05) is 0 Å². The maximum absolute atomic E-state index is 9.22. The number of rotatable bonds is 4. The third-order valence-corrected chi connectivity index (χ3v) is 0.372. The molecule has 0 aromatic rings. The smallest absolute Gasteiger partial charge is 0.211 e. The Morgan fingerprint density at radius 3 is 1.20 bits per heavy atom. The molecule has 0 aliphatic heterocycles. The normalized spacial score (nSPS) is 5.60. The maximum Gasteiger partial charge on any atom is 0.211 e. The maximum atomic E-state index is 9.22. The highest BCUT2D eigenvalue weighted by Gasteiger charge is 1.51. The van der Waals surface area contributed by atoms with Crippen LogP contribution in [0, 0.1) is 0 Å². The summed E-state index contributed by atoms with van der Waals surface area (Å²) in [5.41, 5.74) is 0. The number of hydrogen-bond donors (Lipinski definition) is 2. The van der Waals surface area contributed by atoms with Crippen LogP contribution in [0.4, 0.5) is 0 Å². The van der Waals surface area contributed by atoms with Gasteiger partial charge in [0.2, 0.25) is 12.8 Å². The minimum atomic E-state index is 0.562. The second-order valence-electron chi connectivity index (χ2n) is 0.977. The van der Waals surface area contributed by atoms with Crippen molar-refractivity contribution in [2.24, 2.45) is 0 Å². The lowest BCUT2D eigenvalue weighted by Gasteiger charge is -1.70. The van der Waals surface area contributed by atoms with E-state index in [9.17, 15) is 9.59 Å². The minimum absolute atomic E-state index is 0.562. The second kappa shape index (κ2) is 15.7. The van der Waals surface area contributed by atoms with Crippen LogP contribution < -0.4 is 10.6 Å². The minimum Gasteiger partial charge on any atom is -0.336 e. The SMILES string of the molecule is C=CNC=O.C=CNC=O. The van der Waals surface area contributed by atoms with Crippen molar-refractivity contribution in [3.05, 3.63) is 25.6 Å². The van der Waals surface area contributed by atoms with Crippen molar-refractivity contribution in [2.45, 2.75) is 0 Å². The molecular weight excluding hydrogens is 132 g/mol. The highest BCUT2D eigenvalue weighted by atomic mass is 16.1. The average molecular weight is 142 g/mol. The van der Waals surface area contributed by atoms with Gasteiger partial charge in [-0.25, -0.2) is 0 Å². The van der Waals surface area contributed by atoms with Gasteiger partial charge in [-0.2, -0.15) is 0 Å². The molecular formula is C6H10N2O2. The van der Waals surface area contributed by atoms with E-state index in [1.54, 1.807) is 0 Å². The molecule has 0 radical (unpaired) electrons. The van der Waals surface area contributed by atoms with E-state index in [1.165, 1.54) is 12.4 Å². The van der Waals surface area contributed by atoms with Crippen LogP contribution in [0.15, 0.2) is 25.6 Å². The Morgan fingerprint density at radius 2 is 1.20 bits per heavy atom. The van der Waals surface area contributed by atoms with E-state index in [2.05, 4.69) is 23.8 Å². The third kappa shape index (κ3) is 32.2. The lowest BCUT2D eigenvalue weighted by molar-refractivity contribution is -0.109. The second-order valence-corrected chi connectivity index (χ2v) is 0.977. The summed E-state index contributed by atoms with van der Waals surface area (Å²) in [7, 11) is 0. The van der Waals surface area contributed by atoms with Crippen LogP contribution >= 0.6 is 0 Å². The highest BCUT2D eigenvalue weighted by Crippen LogP contribution is 1.36. The van der Waals surface area contributed by atoms with E-state index in [4.69, 9.17) is 0 Å². The molecule has 10 heavy (non-hydrogen) atoms. The van der Waals surface area contributed by atoms with E-state index in [-0.39, 0.29) is 0 Å². The van der Waals surface area contributed by atoms with Crippen molar-refractivity contribution in [3.63, 3.8) is 0 Å². The molecule has 0 rings (SSSR count). The van der Waals surface area contributed by atoms with Crippen molar-refractivity contribution in [1.82, 2.24) is 10.6 Å². The Hall–Kier alpha value is -1.58. The zero-order valence-corrected chi connectivity index (χ0v) is 5.54. The summed E-state index contributed by atoms with van der Waals surface area (Å²) in [6.45, 7) is 6.42. The fraction of sp³-hybridized carbons (Fsp3) is 0. The van der Waals surface area contributed by atoms with Crippen LogP contribution in [-0.2, 0) is 9.59 Å². The first kappa shape index (κ1) is 11.2. The molecule has 0 unspecified atom stereocenters. The Kier molecular flexibility index (Phi) is 17.6. The summed E-state index contributed by atoms with van der Waals surface area (Å²) in [5.74, 6) is 0. The summed E-state index contributed by atoms with van der Waals surface area (Å²) in [4.78, 5) is 18.4. The quantitative estimate of drug-likeness (QED) is 0.532. The summed E-state index contributed by atoms with van der Waals surface area (Å²) < 4.78 is 0. The van der Waals surface area contributed by atoms with Gasteiger partial charge in [-0.15, -0.1) is 0 Å². The van der Waals surface area contributed by atoms with Crippen molar-refractivity contribution in [3.8, 4) is 0 Å². The standard InChI is InChI=1S/2C3H5NO/c2*1-2-4-3-5/h2*2-3H,1H2,(H,4,5). The fourth-order valence-electron chi connectivity index (χ4n) is 0.0962. The molecule has 0 saturated heterocycles. The van der Waals surface area contributed by atoms with Crippen LogP contribution in [0.25, 0.3) is 0 Å². The molecule has 0 spiro atoms. The predicted molar refractivity (Wildman–Crippen MR) is 38.8 cm³/mol. The van der Waals surface area contributed by atoms with Crippen molar-refractivity contribution >= 4 is 12.8 Å². The average Bonchev–Trinajstić information content (AvgIpc) is 1.93. The molecule has 2 N–H and O–H groups in total. The molecule has 2 amide bonds. The van der Waals surface area contributed by atoms with Crippen LogP contribution in [0.5, 0.6) is 0 Å². The molecule has 4 heteroatoms. The predicted octanol–water partition coefficient (Wildman–Crippen LogP) is -0.248. The van der Waals surface area contributed by atoms with Crippen LogP contribution in [0.3, 0.4) is 0 Å². The molecule has 0 atom stereocenters. The zero-order chi connectivity index (χ0) is 8.24. The van der Waals surface area contributed by atoms with E-state index in [0.717, 1.165) is 0 Å². The van der Waals surface area contributed by atoms with Gasteiger partial charge in [0.05, 0.1) is 0 Å². The number of amides is 2.